The number of aliphatic hydroxyl groups excluding tert-OH is 1. The summed E-state index contributed by atoms with van der Waals surface area (Å²) >= 11 is 0. The standard InChI is InChI=1S/C52H83O11P/c1-4-7-10-13-16-19-22-24-27-29-32-35-38-41-50(54)59-45-49(63-52(56)43-40-37-34-31-28-25-23-20-17-14-11-8-5-2)47-61-64(57,58)60-46-48(44-53)62-51(55)42-39-36-33-30-26-21-18-15-12-9-6-3/h7-8,10-11,15-20,24-25,27-28,32,34-35,37,48-49,53H,4-6,9,12-14,21-23,26,29-31,33,36,38-47H2,1-3H3,(H,57,58)/b10-7-,11-8-,18-15-,19-16-,20-17-,27-24-,28-25-,35-32-,37-34-. The van der Waals surface area contributed by atoms with Crippen LogP contribution in [0.15, 0.2) is 109 Å². The van der Waals surface area contributed by atoms with Crippen molar-refractivity contribution < 1.29 is 52.2 Å². The third-order valence-corrected chi connectivity index (χ3v) is 10.1. The van der Waals surface area contributed by atoms with Crippen molar-refractivity contribution in [2.75, 3.05) is 26.4 Å². The van der Waals surface area contributed by atoms with Crippen molar-refractivity contribution in [3.8, 4) is 0 Å². The molecule has 64 heavy (non-hydrogen) atoms. The molecule has 0 saturated heterocycles. The van der Waals surface area contributed by atoms with Crippen LogP contribution in [0.25, 0.3) is 0 Å². The summed E-state index contributed by atoms with van der Waals surface area (Å²) in [6.07, 6.45) is 52.5. The third kappa shape index (κ3) is 43.4. The Hall–Kier alpha value is -3.86. The fraction of sp³-hybridized carbons (Fsp3) is 0.596. The molecule has 0 aromatic heterocycles. The summed E-state index contributed by atoms with van der Waals surface area (Å²) in [5.74, 6) is -1.69. The summed E-state index contributed by atoms with van der Waals surface area (Å²) in [7, 11) is -4.78. The molecular weight excluding hydrogens is 832 g/mol. The SMILES string of the molecule is CC/C=C\C/C=C\C/C=C\C/C=C\CCC(=O)OCC(COP(=O)(O)OCC(CO)OC(=O)CCCCCCC/C=C\CCCC)OC(=O)CC/C=C\C/C=C\C/C=C\C/C=C\CC. The van der Waals surface area contributed by atoms with Crippen LogP contribution in [-0.4, -0.2) is 66.5 Å². The van der Waals surface area contributed by atoms with Gasteiger partial charge in [-0.25, -0.2) is 4.57 Å². The van der Waals surface area contributed by atoms with Gasteiger partial charge >= 0.3 is 25.7 Å². The van der Waals surface area contributed by atoms with E-state index in [1.54, 1.807) is 0 Å². The number of carbonyl (C=O) groups excluding carboxylic acids is 3. The van der Waals surface area contributed by atoms with Crippen molar-refractivity contribution in [1.29, 1.82) is 0 Å². The molecule has 0 aromatic carbocycles. The predicted octanol–water partition coefficient (Wildman–Crippen LogP) is 13.1. The monoisotopic (exact) mass is 915 g/mol. The van der Waals surface area contributed by atoms with Gasteiger partial charge in [0.15, 0.2) is 6.10 Å². The zero-order valence-electron chi connectivity index (χ0n) is 39.4. The average Bonchev–Trinajstić information content (AvgIpc) is 3.28. The highest BCUT2D eigenvalue weighted by Gasteiger charge is 2.28. The summed E-state index contributed by atoms with van der Waals surface area (Å²) in [5.41, 5.74) is 0. The van der Waals surface area contributed by atoms with Crippen molar-refractivity contribution in [3.63, 3.8) is 0 Å². The summed E-state index contributed by atoms with van der Waals surface area (Å²) in [6, 6.07) is 0. The van der Waals surface area contributed by atoms with Crippen LogP contribution in [0.3, 0.4) is 0 Å². The topological polar surface area (TPSA) is 155 Å². The number of ether oxygens (including phenoxy) is 3. The molecule has 0 aliphatic carbocycles. The van der Waals surface area contributed by atoms with E-state index in [0.717, 1.165) is 83.5 Å². The Balaban J connectivity index is 4.96. The second kappa shape index (κ2) is 45.7. The highest BCUT2D eigenvalue weighted by Crippen LogP contribution is 2.43. The van der Waals surface area contributed by atoms with E-state index < -0.39 is 64.4 Å². The number of carbonyl (C=O) groups is 3. The first-order valence-corrected chi connectivity index (χ1v) is 25.3. The lowest BCUT2D eigenvalue weighted by atomic mass is 10.1. The van der Waals surface area contributed by atoms with E-state index in [2.05, 4.69) is 99.8 Å². The lowest BCUT2D eigenvalue weighted by molar-refractivity contribution is -0.161. The van der Waals surface area contributed by atoms with Gasteiger partial charge in [-0.3, -0.25) is 23.4 Å². The van der Waals surface area contributed by atoms with Gasteiger partial charge in [-0.15, -0.1) is 0 Å². The minimum absolute atomic E-state index is 0.0259. The van der Waals surface area contributed by atoms with Crippen LogP contribution < -0.4 is 0 Å². The number of rotatable bonds is 42. The number of phosphoric acid groups is 1. The number of hydrogen-bond donors (Lipinski definition) is 2. The van der Waals surface area contributed by atoms with Gasteiger partial charge in [-0.2, -0.15) is 0 Å². The molecule has 3 unspecified atom stereocenters. The molecule has 0 aliphatic rings. The van der Waals surface area contributed by atoms with Crippen molar-refractivity contribution in [2.45, 2.75) is 174 Å². The molecule has 0 spiro atoms. The largest absolute Gasteiger partial charge is 0.472 e. The van der Waals surface area contributed by atoms with Gasteiger partial charge in [-0.1, -0.05) is 162 Å². The smallest absolute Gasteiger partial charge is 0.462 e. The van der Waals surface area contributed by atoms with E-state index in [-0.39, 0.29) is 19.3 Å². The van der Waals surface area contributed by atoms with Gasteiger partial charge in [0.25, 0.3) is 0 Å². The molecule has 0 fully saturated rings. The first-order valence-electron chi connectivity index (χ1n) is 23.8. The lowest BCUT2D eigenvalue weighted by Crippen LogP contribution is -2.30. The third-order valence-electron chi connectivity index (χ3n) is 9.19. The molecule has 362 valence electrons. The Morgan fingerprint density at radius 1 is 0.453 bits per heavy atom. The predicted molar refractivity (Wildman–Crippen MR) is 260 cm³/mol. The normalized spacial score (nSPS) is 14.5. The highest BCUT2D eigenvalue weighted by atomic mass is 31.2. The van der Waals surface area contributed by atoms with Crippen molar-refractivity contribution in [2.24, 2.45) is 0 Å². The highest BCUT2D eigenvalue weighted by molar-refractivity contribution is 7.47. The zero-order valence-corrected chi connectivity index (χ0v) is 40.3. The molecule has 0 rings (SSSR count). The summed E-state index contributed by atoms with van der Waals surface area (Å²) in [4.78, 5) is 48.0. The molecule has 0 radical (unpaired) electrons. The molecule has 12 heteroatoms. The molecule has 2 N–H and O–H groups in total. The van der Waals surface area contributed by atoms with Gasteiger partial charge in [0.2, 0.25) is 0 Å². The Kier molecular flexibility index (Phi) is 42.9. The van der Waals surface area contributed by atoms with Crippen LogP contribution in [0.1, 0.15) is 162 Å². The Morgan fingerprint density at radius 3 is 1.34 bits per heavy atom. The fourth-order valence-corrected chi connectivity index (χ4v) is 6.38. The Morgan fingerprint density at radius 2 is 0.844 bits per heavy atom. The fourth-order valence-electron chi connectivity index (χ4n) is 5.60. The average molecular weight is 915 g/mol. The molecule has 3 atom stereocenters. The van der Waals surface area contributed by atoms with E-state index in [1.165, 1.54) is 12.8 Å². The van der Waals surface area contributed by atoms with Crippen LogP contribution in [0, 0.1) is 0 Å². The number of allylic oxidation sites excluding steroid dienone is 18. The van der Waals surface area contributed by atoms with Crippen molar-refractivity contribution >= 4 is 25.7 Å². The lowest BCUT2D eigenvalue weighted by Gasteiger charge is -2.21. The maximum atomic E-state index is 12.8. The number of esters is 3. The molecule has 0 bridgehead atoms. The van der Waals surface area contributed by atoms with E-state index in [4.69, 9.17) is 23.3 Å². The minimum Gasteiger partial charge on any atom is -0.462 e. The number of unbranched alkanes of at least 4 members (excludes halogenated alkanes) is 7. The van der Waals surface area contributed by atoms with Gasteiger partial charge in [0.1, 0.15) is 12.7 Å². The Labute approximate surface area is 386 Å². The first kappa shape index (κ1) is 60.1. The molecule has 0 heterocycles. The second-order valence-electron chi connectivity index (χ2n) is 15.1. The van der Waals surface area contributed by atoms with E-state index in [9.17, 15) is 28.9 Å². The summed E-state index contributed by atoms with van der Waals surface area (Å²) in [5, 5.41) is 9.73. The van der Waals surface area contributed by atoms with Gasteiger partial charge < -0.3 is 24.2 Å². The van der Waals surface area contributed by atoms with Crippen LogP contribution in [0.4, 0.5) is 0 Å². The van der Waals surface area contributed by atoms with Crippen molar-refractivity contribution in [3.05, 3.63) is 109 Å². The minimum atomic E-state index is -4.78. The molecule has 0 aliphatic heterocycles. The number of phosphoric ester groups is 1. The molecule has 0 amide bonds. The second-order valence-corrected chi connectivity index (χ2v) is 16.6. The number of hydrogen-bond acceptors (Lipinski definition) is 10. The van der Waals surface area contributed by atoms with Crippen LogP contribution >= 0.6 is 7.82 Å². The van der Waals surface area contributed by atoms with Crippen LogP contribution in [0.2, 0.25) is 0 Å². The van der Waals surface area contributed by atoms with Crippen LogP contribution in [0.5, 0.6) is 0 Å². The molecule has 0 saturated carbocycles. The Bertz CT molecular complexity index is 1490. The van der Waals surface area contributed by atoms with Crippen molar-refractivity contribution in [1.82, 2.24) is 0 Å². The van der Waals surface area contributed by atoms with Gasteiger partial charge in [0, 0.05) is 19.3 Å². The van der Waals surface area contributed by atoms with Crippen LogP contribution in [-0.2, 0) is 42.2 Å². The molecule has 0 aromatic rings. The summed E-state index contributed by atoms with van der Waals surface area (Å²) in [6.45, 7) is 4.14. The summed E-state index contributed by atoms with van der Waals surface area (Å²) < 4.78 is 39.0. The zero-order chi connectivity index (χ0) is 47.0. The van der Waals surface area contributed by atoms with Gasteiger partial charge in [0.05, 0.1) is 19.8 Å². The van der Waals surface area contributed by atoms with E-state index in [0.29, 0.717) is 25.7 Å². The quantitative estimate of drug-likeness (QED) is 0.0198. The van der Waals surface area contributed by atoms with E-state index >= 15 is 0 Å². The maximum absolute atomic E-state index is 12.8. The first-order chi connectivity index (χ1) is 31.2. The molecule has 11 nitrogen and oxygen atoms in total. The molecular formula is C52H83O11P. The number of aliphatic hydroxyl groups is 1. The van der Waals surface area contributed by atoms with E-state index in [1.807, 2.05) is 30.4 Å². The maximum Gasteiger partial charge on any atom is 0.472 e. The van der Waals surface area contributed by atoms with Gasteiger partial charge in [-0.05, 0) is 89.9 Å².